The number of pyridine rings is 1. The lowest BCUT2D eigenvalue weighted by molar-refractivity contribution is -0.138. The van der Waals surface area contributed by atoms with Crippen LogP contribution in [0.15, 0.2) is 36.7 Å². The van der Waals surface area contributed by atoms with Crippen LogP contribution in [0.4, 0.5) is 13.2 Å². The molecule has 0 aliphatic carbocycles. The Morgan fingerprint density at radius 2 is 1.81 bits per heavy atom. The molecule has 1 N–H and O–H groups in total. The summed E-state index contributed by atoms with van der Waals surface area (Å²) in [6, 6.07) is 4.39. The van der Waals surface area contributed by atoms with Gasteiger partial charge in [0.2, 0.25) is 0 Å². The van der Waals surface area contributed by atoms with Gasteiger partial charge in [-0.2, -0.15) is 13.2 Å². The van der Waals surface area contributed by atoms with Gasteiger partial charge >= 0.3 is 12.1 Å². The van der Waals surface area contributed by atoms with Crippen LogP contribution in [0.3, 0.4) is 0 Å². The fourth-order valence-corrected chi connectivity index (χ4v) is 2.11. The standard InChI is InChI=1S/C14H9ClF3NO2/c15-12-7-19-6-11(10(12)5-13(20)21)8-1-3-9(4-2-8)14(16,17)18/h1-4,6-7H,5H2,(H,20,21). The van der Waals surface area contributed by atoms with Crippen LogP contribution in [-0.2, 0) is 17.4 Å². The third kappa shape index (κ3) is 3.52. The Hall–Kier alpha value is -2.08. The lowest BCUT2D eigenvalue weighted by Crippen LogP contribution is -2.05. The van der Waals surface area contributed by atoms with Crippen molar-refractivity contribution in [2.45, 2.75) is 12.6 Å². The summed E-state index contributed by atoms with van der Waals surface area (Å²) in [5, 5.41) is 9.05. The molecule has 0 aliphatic rings. The Labute approximate surface area is 123 Å². The van der Waals surface area contributed by atoms with Gasteiger partial charge in [0.25, 0.3) is 0 Å². The van der Waals surface area contributed by atoms with Crippen molar-refractivity contribution in [1.82, 2.24) is 4.98 Å². The predicted octanol–water partition coefficient (Wildman–Crippen LogP) is 4.05. The first-order valence-electron chi connectivity index (χ1n) is 5.81. The first-order valence-corrected chi connectivity index (χ1v) is 6.18. The van der Waals surface area contributed by atoms with Gasteiger partial charge in [-0.25, -0.2) is 0 Å². The molecule has 0 bridgehead atoms. The van der Waals surface area contributed by atoms with Crippen LogP contribution in [0, 0.1) is 0 Å². The van der Waals surface area contributed by atoms with E-state index in [0.717, 1.165) is 12.1 Å². The minimum atomic E-state index is -4.42. The minimum Gasteiger partial charge on any atom is -0.481 e. The molecule has 0 aliphatic heterocycles. The van der Waals surface area contributed by atoms with Crippen molar-refractivity contribution in [3.8, 4) is 11.1 Å². The smallest absolute Gasteiger partial charge is 0.416 e. The van der Waals surface area contributed by atoms with E-state index in [9.17, 15) is 18.0 Å². The molecule has 1 aromatic carbocycles. The highest BCUT2D eigenvalue weighted by Crippen LogP contribution is 2.33. The third-order valence-corrected chi connectivity index (χ3v) is 3.18. The number of hydrogen-bond donors (Lipinski definition) is 1. The zero-order valence-corrected chi connectivity index (χ0v) is 11.2. The van der Waals surface area contributed by atoms with Crippen LogP contribution in [-0.4, -0.2) is 16.1 Å². The number of rotatable bonds is 3. The van der Waals surface area contributed by atoms with Gasteiger partial charge in [0.05, 0.1) is 17.0 Å². The largest absolute Gasteiger partial charge is 0.481 e. The van der Waals surface area contributed by atoms with E-state index in [1.807, 2.05) is 0 Å². The Kier molecular flexibility index (Phi) is 4.18. The zero-order valence-electron chi connectivity index (χ0n) is 10.5. The summed E-state index contributed by atoms with van der Waals surface area (Å²) < 4.78 is 37.6. The van der Waals surface area contributed by atoms with Gasteiger partial charge in [0.1, 0.15) is 0 Å². The normalized spacial score (nSPS) is 11.4. The molecule has 7 heteroatoms. The molecule has 0 saturated heterocycles. The molecular weight excluding hydrogens is 307 g/mol. The van der Waals surface area contributed by atoms with Gasteiger partial charge < -0.3 is 5.11 Å². The average molecular weight is 316 g/mol. The molecule has 1 aromatic heterocycles. The quantitative estimate of drug-likeness (QED) is 0.929. The van der Waals surface area contributed by atoms with Crippen molar-refractivity contribution in [2.75, 3.05) is 0 Å². The Morgan fingerprint density at radius 3 is 2.33 bits per heavy atom. The van der Waals surface area contributed by atoms with E-state index in [-0.39, 0.29) is 11.4 Å². The molecule has 0 saturated carbocycles. The maximum atomic E-state index is 12.5. The molecule has 0 amide bonds. The van der Waals surface area contributed by atoms with Crippen LogP contribution in [0.2, 0.25) is 5.02 Å². The number of carboxylic acid groups (broad SMARTS) is 1. The predicted molar refractivity (Wildman–Crippen MR) is 71.0 cm³/mol. The van der Waals surface area contributed by atoms with Crippen molar-refractivity contribution < 1.29 is 23.1 Å². The number of halogens is 4. The summed E-state index contributed by atoms with van der Waals surface area (Å²) in [5.74, 6) is -1.09. The van der Waals surface area contributed by atoms with E-state index in [1.165, 1.54) is 24.5 Å². The van der Waals surface area contributed by atoms with Gasteiger partial charge in [-0.1, -0.05) is 23.7 Å². The second kappa shape index (κ2) is 5.73. The Morgan fingerprint density at radius 1 is 1.19 bits per heavy atom. The fourth-order valence-electron chi connectivity index (χ4n) is 1.88. The highest BCUT2D eigenvalue weighted by molar-refractivity contribution is 6.31. The Balaban J connectivity index is 2.47. The van der Waals surface area contributed by atoms with E-state index < -0.39 is 17.7 Å². The van der Waals surface area contributed by atoms with Gasteiger partial charge in [0, 0.05) is 18.0 Å². The molecule has 0 atom stereocenters. The number of hydrogen-bond acceptors (Lipinski definition) is 2. The van der Waals surface area contributed by atoms with Crippen LogP contribution in [0.1, 0.15) is 11.1 Å². The highest BCUT2D eigenvalue weighted by atomic mass is 35.5. The number of nitrogens with zero attached hydrogens (tertiary/aromatic N) is 1. The molecule has 21 heavy (non-hydrogen) atoms. The number of aliphatic carboxylic acids is 1. The molecule has 3 nitrogen and oxygen atoms in total. The second-order valence-corrected chi connectivity index (χ2v) is 4.70. The number of carbonyl (C=O) groups is 1. The number of aromatic nitrogens is 1. The molecule has 0 radical (unpaired) electrons. The molecule has 2 rings (SSSR count). The van der Waals surface area contributed by atoms with Crippen molar-refractivity contribution in [3.63, 3.8) is 0 Å². The van der Waals surface area contributed by atoms with E-state index in [4.69, 9.17) is 16.7 Å². The summed E-state index contributed by atoms with van der Waals surface area (Å²) >= 11 is 5.92. The zero-order chi connectivity index (χ0) is 15.6. The highest BCUT2D eigenvalue weighted by Gasteiger charge is 2.30. The first-order chi connectivity index (χ1) is 9.79. The van der Waals surface area contributed by atoms with Crippen molar-refractivity contribution >= 4 is 17.6 Å². The minimum absolute atomic E-state index is 0.162. The van der Waals surface area contributed by atoms with E-state index in [0.29, 0.717) is 16.7 Å². The summed E-state index contributed by atoms with van der Waals surface area (Å²) in [6.07, 6.45) is -2.08. The topological polar surface area (TPSA) is 50.2 Å². The molecule has 1 heterocycles. The molecule has 0 fully saturated rings. The van der Waals surface area contributed by atoms with Crippen molar-refractivity contribution in [1.29, 1.82) is 0 Å². The van der Waals surface area contributed by atoms with Crippen LogP contribution in [0.25, 0.3) is 11.1 Å². The lowest BCUT2D eigenvalue weighted by atomic mass is 9.99. The summed E-state index contributed by atoms with van der Waals surface area (Å²) in [5.41, 5.74) is 0.368. The van der Waals surface area contributed by atoms with Gasteiger partial charge in [0.15, 0.2) is 0 Å². The van der Waals surface area contributed by atoms with E-state index in [2.05, 4.69) is 4.98 Å². The van der Waals surface area contributed by atoms with Crippen molar-refractivity contribution in [3.05, 3.63) is 52.8 Å². The summed E-state index contributed by atoms with van der Waals surface area (Å²) in [4.78, 5) is 14.7. The van der Waals surface area contributed by atoms with Gasteiger partial charge in [-0.05, 0) is 23.3 Å². The monoisotopic (exact) mass is 315 g/mol. The molecule has 0 unspecified atom stereocenters. The third-order valence-electron chi connectivity index (χ3n) is 2.86. The molecule has 0 spiro atoms. The van der Waals surface area contributed by atoms with Crippen LogP contribution in [0.5, 0.6) is 0 Å². The Bertz CT molecular complexity index is 669. The first kappa shape index (κ1) is 15.3. The number of carboxylic acids is 1. The van der Waals surface area contributed by atoms with Crippen LogP contribution < -0.4 is 0 Å². The maximum Gasteiger partial charge on any atom is 0.416 e. The molecule has 110 valence electrons. The van der Waals surface area contributed by atoms with Gasteiger partial charge in [-0.3, -0.25) is 9.78 Å². The molecular formula is C14H9ClF3NO2. The SMILES string of the molecule is O=C(O)Cc1c(Cl)cncc1-c1ccc(C(F)(F)F)cc1. The number of alkyl halides is 3. The average Bonchev–Trinajstić information content (AvgIpc) is 2.40. The van der Waals surface area contributed by atoms with Gasteiger partial charge in [-0.15, -0.1) is 0 Å². The fraction of sp³-hybridized carbons (Fsp3) is 0.143. The second-order valence-electron chi connectivity index (χ2n) is 4.29. The van der Waals surface area contributed by atoms with Crippen LogP contribution >= 0.6 is 11.6 Å². The summed E-state index contributed by atoms with van der Waals surface area (Å²) in [6.45, 7) is 0. The van der Waals surface area contributed by atoms with E-state index >= 15 is 0 Å². The summed E-state index contributed by atoms with van der Waals surface area (Å²) in [7, 11) is 0. The number of benzene rings is 1. The molecule has 2 aromatic rings. The lowest BCUT2D eigenvalue weighted by Gasteiger charge is -2.11. The van der Waals surface area contributed by atoms with E-state index in [1.54, 1.807) is 0 Å². The van der Waals surface area contributed by atoms with Crippen molar-refractivity contribution in [2.24, 2.45) is 0 Å². The maximum absolute atomic E-state index is 12.5.